The van der Waals surface area contributed by atoms with Crippen molar-refractivity contribution >= 4 is 5.69 Å². The molecular weight excluding hydrogens is 212 g/mol. The van der Waals surface area contributed by atoms with Gasteiger partial charge in [0.2, 0.25) is 0 Å². The Labute approximate surface area is 104 Å². The number of likely N-dealkylation sites (tertiary alicyclic amines) is 1. The predicted octanol–water partition coefficient (Wildman–Crippen LogP) is 2.22. The standard InChI is InChI=1S/C14H22N2O/c1-16-7-5-11(6-8-16)14-4-3-13(15)9-12(14)10-17-2/h3-4,9,11H,5-8,10,15H2,1-2H3. The number of nitrogens with two attached hydrogens (primary N) is 1. The summed E-state index contributed by atoms with van der Waals surface area (Å²) in [6, 6.07) is 6.24. The lowest BCUT2D eigenvalue weighted by Gasteiger charge is -2.30. The Hall–Kier alpha value is -1.06. The molecule has 0 unspecified atom stereocenters. The molecule has 0 aliphatic carbocycles. The summed E-state index contributed by atoms with van der Waals surface area (Å²) in [5.41, 5.74) is 9.35. The molecule has 1 aromatic carbocycles. The highest BCUT2D eigenvalue weighted by Crippen LogP contribution is 2.31. The molecule has 0 aromatic heterocycles. The van der Waals surface area contributed by atoms with Crippen molar-refractivity contribution in [3.8, 4) is 0 Å². The SMILES string of the molecule is COCc1cc(N)ccc1C1CCN(C)CC1. The maximum absolute atomic E-state index is 5.85. The molecule has 1 heterocycles. The second-order valence-corrected chi connectivity index (χ2v) is 4.97. The summed E-state index contributed by atoms with van der Waals surface area (Å²) in [4.78, 5) is 2.39. The number of methoxy groups -OCH3 is 1. The van der Waals surface area contributed by atoms with Crippen LogP contribution in [0.4, 0.5) is 5.69 Å². The Kier molecular flexibility index (Phi) is 4.02. The molecule has 0 atom stereocenters. The zero-order valence-corrected chi connectivity index (χ0v) is 10.8. The number of nitrogens with zero attached hydrogens (tertiary/aromatic N) is 1. The van der Waals surface area contributed by atoms with Crippen molar-refractivity contribution in [1.29, 1.82) is 0 Å². The van der Waals surface area contributed by atoms with Crippen LogP contribution in [0.1, 0.15) is 29.9 Å². The molecule has 1 fully saturated rings. The van der Waals surface area contributed by atoms with Crippen molar-refractivity contribution in [1.82, 2.24) is 4.90 Å². The predicted molar refractivity (Wildman–Crippen MR) is 71.0 cm³/mol. The van der Waals surface area contributed by atoms with E-state index in [0.29, 0.717) is 12.5 Å². The molecule has 1 aromatic rings. The number of rotatable bonds is 3. The van der Waals surface area contributed by atoms with Gasteiger partial charge in [0, 0.05) is 12.8 Å². The minimum atomic E-state index is 0.659. The molecular formula is C14H22N2O. The van der Waals surface area contributed by atoms with Crippen molar-refractivity contribution in [2.45, 2.75) is 25.4 Å². The van der Waals surface area contributed by atoms with E-state index < -0.39 is 0 Å². The number of piperidine rings is 1. The zero-order valence-electron chi connectivity index (χ0n) is 10.8. The molecule has 0 spiro atoms. The van der Waals surface area contributed by atoms with Gasteiger partial charge in [-0.2, -0.15) is 0 Å². The number of ether oxygens (including phenoxy) is 1. The number of nitrogen functional groups attached to an aromatic ring is 1. The topological polar surface area (TPSA) is 38.5 Å². The Morgan fingerprint density at radius 2 is 2.06 bits per heavy atom. The van der Waals surface area contributed by atoms with Crippen LogP contribution < -0.4 is 5.73 Å². The third-order valence-corrected chi connectivity index (χ3v) is 3.63. The minimum absolute atomic E-state index is 0.659. The fraction of sp³-hybridized carbons (Fsp3) is 0.571. The normalized spacial score (nSPS) is 18.5. The highest BCUT2D eigenvalue weighted by atomic mass is 16.5. The fourth-order valence-electron chi connectivity index (χ4n) is 2.62. The van der Waals surface area contributed by atoms with E-state index in [0.717, 1.165) is 5.69 Å². The lowest BCUT2D eigenvalue weighted by Crippen LogP contribution is -2.29. The van der Waals surface area contributed by atoms with Crippen molar-refractivity contribution in [3.63, 3.8) is 0 Å². The van der Waals surface area contributed by atoms with Crippen molar-refractivity contribution in [2.75, 3.05) is 33.0 Å². The van der Waals surface area contributed by atoms with Gasteiger partial charge in [0.25, 0.3) is 0 Å². The molecule has 3 heteroatoms. The van der Waals surface area contributed by atoms with Gasteiger partial charge >= 0.3 is 0 Å². The average molecular weight is 234 g/mol. The van der Waals surface area contributed by atoms with Gasteiger partial charge in [0.15, 0.2) is 0 Å². The quantitative estimate of drug-likeness (QED) is 0.815. The second kappa shape index (κ2) is 5.52. The van der Waals surface area contributed by atoms with Gasteiger partial charge in [-0.3, -0.25) is 0 Å². The zero-order chi connectivity index (χ0) is 12.3. The lowest BCUT2D eigenvalue weighted by atomic mass is 9.86. The first-order valence-corrected chi connectivity index (χ1v) is 6.26. The first-order valence-electron chi connectivity index (χ1n) is 6.26. The van der Waals surface area contributed by atoms with Crippen molar-refractivity contribution in [3.05, 3.63) is 29.3 Å². The molecule has 1 saturated heterocycles. The van der Waals surface area contributed by atoms with Crippen LogP contribution in [0.3, 0.4) is 0 Å². The van der Waals surface area contributed by atoms with Crippen molar-refractivity contribution < 1.29 is 4.74 Å². The van der Waals surface area contributed by atoms with E-state index in [-0.39, 0.29) is 0 Å². The van der Waals surface area contributed by atoms with Crippen LogP contribution in [0.5, 0.6) is 0 Å². The molecule has 0 amide bonds. The van der Waals surface area contributed by atoms with Crippen LogP contribution >= 0.6 is 0 Å². The van der Waals surface area contributed by atoms with Gasteiger partial charge in [-0.1, -0.05) is 6.07 Å². The third kappa shape index (κ3) is 2.99. The average Bonchev–Trinajstić information content (AvgIpc) is 2.31. The highest BCUT2D eigenvalue weighted by molar-refractivity contribution is 5.45. The summed E-state index contributed by atoms with van der Waals surface area (Å²) in [6.45, 7) is 3.02. The van der Waals surface area contributed by atoms with Crippen molar-refractivity contribution in [2.24, 2.45) is 0 Å². The van der Waals surface area contributed by atoms with Gasteiger partial charge in [0.05, 0.1) is 6.61 Å². The monoisotopic (exact) mass is 234 g/mol. The lowest BCUT2D eigenvalue weighted by molar-refractivity contribution is 0.182. The molecule has 0 saturated carbocycles. The summed E-state index contributed by atoms with van der Waals surface area (Å²) < 4.78 is 5.27. The smallest absolute Gasteiger partial charge is 0.0716 e. The Morgan fingerprint density at radius 3 is 2.71 bits per heavy atom. The van der Waals surface area contributed by atoms with E-state index in [1.807, 2.05) is 6.07 Å². The van der Waals surface area contributed by atoms with Gasteiger partial charge < -0.3 is 15.4 Å². The Bertz CT molecular complexity index is 370. The van der Waals surface area contributed by atoms with E-state index >= 15 is 0 Å². The van der Waals surface area contributed by atoms with E-state index in [4.69, 9.17) is 10.5 Å². The van der Waals surface area contributed by atoms with E-state index in [1.165, 1.54) is 37.1 Å². The fourth-order valence-corrected chi connectivity index (χ4v) is 2.62. The first kappa shape index (κ1) is 12.4. The van der Waals surface area contributed by atoms with Gasteiger partial charge in [-0.25, -0.2) is 0 Å². The van der Waals surface area contributed by atoms with Gasteiger partial charge in [-0.15, -0.1) is 0 Å². The molecule has 0 radical (unpaired) electrons. The number of anilines is 1. The van der Waals surface area contributed by atoms with Crippen LogP contribution in [0.2, 0.25) is 0 Å². The molecule has 3 nitrogen and oxygen atoms in total. The summed E-state index contributed by atoms with van der Waals surface area (Å²) in [7, 11) is 3.93. The Balaban J connectivity index is 2.18. The summed E-state index contributed by atoms with van der Waals surface area (Å²) in [5.74, 6) is 0.664. The van der Waals surface area contributed by atoms with Crippen LogP contribution in [-0.2, 0) is 11.3 Å². The minimum Gasteiger partial charge on any atom is -0.399 e. The maximum Gasteiger partial charge on any atom is 0.0716 e. The highest BCUT2D eigenvalue weighted by Gasteiger charge is 2.20. The summed E-state index contributed by atoms with van der Waals surface area (Å²) in [5, 5.41) is 0. The number of hydrogen-bond donors (Lipinski definition) is 1. The molecule has 1 aliphatic heterocycles. The molecule has 2 N–H and O–H groups in total. The molecule has 1 aliphatic rings. The van der Waals surface area contributed by atoms with Gasteiger partial charge in [-0.05, 0) is 62.2 Å². The van der Waals surface area contributed by atoms with E-state index in [9.17, 15) is 0 Å². The van der Waals surface area contributed by atoms with Crippen LogP contribution in [0, 0.1) is 0 Å². The maximum atomic E-state index is 5.85. The molecule has 94 valence electrons. The second-order valence-electron chi connectivity index (χ2n) is 4.97. The Morgan fingerprint density at radius 1 is 1.35 bits per heavy atom. The van der Waals surface area contributed by atoms with E-state index in [2.05, 4.69) is 24.1 Å². The van der Waals surface area contributed by atoms with Crippen LogP contribution in [0.25, 0.3) is 0 Å². The van der Waals surface area contributed by atoms with Gasteiger partial charge in [0.1, 0.15) is 0 Å². The van der Waals surface area contributed by atoms with Crippen LogP contribution in [-0.4, -0.2) is 32.1 Å². The third-order valence-electron chi connectivity index (χ3n) is 3.63. The molecule has 2 rings (SSSR count). The summed E-state index contributed by atoms with van der Waals surface area (Å²) >= 11 is 0. The first-order chi connectivity index (χ1) is 8.20. The van der Waals surface area contributed by atoms with Crippen LogP contribution in [0.15, 0.2) is 18.2 Å². The molecule has 0 bridgehead atoms. The number of hydrogen-bond acceptors (Lipinski definition) is 3. The summed E-state index contributed by atoms with van der Waals surface area (Å²) in [6.07, 6.45) is 2.47. The largest absolute Gasteiger partial charge is 0.399 e. The molecule has 17 heavy (non-hydrogen) atoms. The van der Waals surface area contributed by atoms with E-state index in [1.54, 1.807) is 7.11 Å². The number of benzene rings is 1.